The second-order valence-corrected chi connectivity index (χ2v) is 10.3. The maximum atomic E-state index is 13.8. The monoisotopic (exact) mass is 635 g/mol. The molecule has 13 heteroatoms. The number of aromatic nitrogens is 1. The summed E-state index contributed by atoms with van der Waals surface area (Å²) in [6.45, 7) is -0.746. The van der Waals surface area contributed by atoms with E-state index in [1.807, 2.05) is 30.5 Å². The van der Waals surface area contributed by atoms with Crippen LogP contribution >= 0.6 is 0 Å². The number of amides is 2. The summed E-state index contributed by atoms with van der Waals surface area (Å²) in [7, 11) is 2.79. The van der Waals surface area contributed by atoms with Crippen LogP contribution in [0.1, 0.15) is 32.6 Å². The largest absolute Gasteiger partial charge is 0.496 e. The van der Waals surface area contributed by atoms with Crippen molar-refractivity contribution < 1.29 is 45.4 Å². The Morgan fingerprint density at radius 1 is 0.800 bits per heavy atom. The van der Waals surface area contributed by atoms with Crippen molar-refractivity contribution in [1.29, 1.82) is 0 Å². The molecule has 0 aliphatic carbocycles. The highest BCUT2D eigenvalue weighted by molar-refractivity contribution is 5.97. The number of aromatic amines is 1. The van der Waals surface area contributed by atoms with Gasteiger partial charge in [-0.2, -0.15) is 26.3 Å². The average Bonchev–Trinajstić information content (AvgIpc) is 3.43. The van der Waals surface area contributed by atoms with Crippen LogP contribution in [-0.2, 0) is 34.8 Å². The predicted octanol–water partition coefficient (Wildman–Crippen LogP) is 6.57. The minimum absolute atomic E-state index is 0.0544. The minimum atomic E-state index is -5.14. The summed E-state index contributed by atoms with van der Waals surface area (Å²) in [5, 5.41) is 0.962. The van der Waals surface area contributed by atoms with Gasteiger partial charge in [-0.25, -0.2) is 0 Å². The number of hydrogen-bond donors (Lipinski definition) is 1. The molecule has 0 radical (unpaired) electrons. The van der Waals surface area contributed by atoms with Crippen LogP contribution in [0.4, 0.5) is 26.3 Å². The van der Waals surface area contributed by atoms with Crippen LogP contribution in [0.15, 0.2) is 72.9 Å². The number of carbonyl (C=O) groups is 2. The number of benzene rings is 3. The second-order valence-electron chi connectivity index (χ2n) is 10.3. The van der Waals surface area contributed by atoms with Crippen LogP contribution in [0, 0.1) is 0 Å². The fourth-order valence-electron chi connectivity index (χ4n) is 4.90. The van der Waals surface area contributed by atoms with Gasteiger partial charge >= 0.3 is 12.4 Å². The van der Waals surface area contributed by atoms with Gasteiger partial charge in [0.2, 0.25) is 5.91 Å². The first-order valence-electron chi connectivity index (χ1n) is 13.8. The molecule has 1 heterocycles. The summed E-state index contributed by atoms with van der Waals surface area (Å²) in [4.78, 5) is 32.8. The number of H-pyrrole nitrogens is 1. The zero-order valence-corrected chi connectivity index (χ0v) is 24.5. The molecule has 0 aliphatic heterocycles. The van der Waals surface area contributed by atoms with Crippen LogP contribution in [0.5, 0.6) is 5.75 Å². The Kier molecular flexibility index (Phi) is 10.4. The molecule has 3 aromatic carbocycles. The Morgan fingerprint density at radius 2 is 1.44 bits per heavy atom. The molecule has 45 heavy (non-hydrogen) atoms. The van der Waals surface area contributed by atoms with Crippen LogP contribution in [0.3, 0.4) is 0 Å². The summed E-state index contributed by atoms with van der Waals surface area (Å²) in [6.07, 6.45) is -8.04. The number of ether oxygens (including phenoxy) is 2. The molecule has 4 aromatic rings. The van der Waals surface area contributed by atoms with E-state index in [4.69, 9.17) is 9.47 Å². The highest BCUT2D eigenvalue weighted by atomic mass is 19.4. The second kappa shape index (κ2) is 14.1. The van der Waals surface area contributed by atoms with E-state index in [2.05, 4.69) is 4.98 Å². The molecular weight excluding hydrogens is 604 g/mol. The topological polar surface area (TPSA) is 74.9 Å². The van der Waals surface area contributed by atoms with E-state index in [0.717, 1.165) is 21.4 Å². The van der Waals surface area contributed by atoms with Gasteiger partial charge in [0.25, 0.3) is 5.91 Å². The predicted molar refractivity (Wildman–Crippen MR) is 155 cm³/mol. The Hall–Kier alpha value is -4.52. The van der Waals surface area contributed by atoms with E-state index >= 15 is 0 Å². The van der Waals surface area contributed by atoms with Crippen molar-refractivity contribution in [3.05, 3.63) is 101 Å². The van der Waals surface area contributed by atoms with Crippen molar-refractivity contribution in [3.8, 4) is 5.75 Å². The van der Waals surface area contributed by atoms with E-state index in [0.29, 0.717) is 29.9 Å². The smallest absolute Gasteiger partial charge is 0.416 e. The van der Waals surface area contributed by atoms with Gasteiger partial charge < -0.3 is 24.3 Å². The molecule has 0 bridgehead atoms. The molecule has 0 unspecified atom stereocenters. The van der Waals surface area contributed by atoms with Crippen LogP contribution in [-0.4, -0.2) is 67.1 Å². The first-order chi connectivity index (χ1) is 21.3. The Morgan fingerprint density at radius 3 is 2.09 bits per heavy atom. The molecule has 0 atom stereocenters. The zero-order chi connectivity index (χ0) is 32.8. The fourth-order valence-corrected chi connectivity index (χ4v) is 4.90. The molecule has 4 rings (SSSR count). The van der Waals surface area contributed by atoms with Gasteiger partial charge in [0.15, 0.2) is 0 Å². The number of carbonyl (C=O) groups excluding carboxylic acids is 2. The summed E-state index contributed by atoms with van der Waals surface area (Å²) >= 11 is 0. The lowest BCUT2D eigenvalue weighted by atomic mass is 10.0. The number of nitrogens with one attached hydrogen (secondary N) is 1. The summed E-state index contributed by atoms with van der Waals surface area (Å²) in [5.74, 6) is -1.24. The highest BCUT2D eigenvalue weighted by Gasteiger charge is 2.38. The van der Waals surface area contributed by atoms with Crippen molar-refractivity contribution in [3.63, 3.8) is 0 Å². The van der Waals surface area contributed by atoms with Gasteiger partial charge in [-0.15, -0.1) is 0 Å². The van der Waals surface area contributed by atoms with Gasteiger partial charge in [0.05, 0.1) is 24.8 Å². The van der Waals surface area contributed by atoms with Gasteiger partial charge in [0.1, 0.15) is 12.3 Å². The first kappa shape index (κ1) is 33.4. The molecule has 0 spiro atoms. The molecular formula is C32H31F6N3O4. The number of nitrogens with zero attached hydrogens (tertiary/aromatic N) is 2. The number of hydrogen-bond acceptors (Lipinski definition) is 4. The molecule has 7 nitrogen and oxygen atoms in total. The van der Waals surface area contributed by atoms with Crippen molar-refractivity contribution >= 4 is 22.7 Å². The third-order valence-electron chi connectivity index (χ3n) is 7.25. The Labute approximate surface area is 255 Å². The van der Waals surface area contributed by atoms with Crippen molar-refractivity contribution in [2.75, 3.05) is 40.5 Å². The van der Waals surface area contributed by atoms with Crippen molar-refractivity contribution in [2.45, 2.75) is 25.3 Å². The maximum Gasteiger partial charge on any atom is 0.416 e. The number of alkyl halides is 6. The number of para-hydroxylation sites is 2. The molecule has 240 valence electrons. The lowest BCUT2D eigenvalue weighted by Gasteiger charge is -2.28. The number of halogens is 6. The maximum absolute atomic E-state index is 13.8. The number of rotatable bonds is 12. The average molecular weight is 636 g/mol. The normalized spacial score (nSPS) is 11.9. The Balaban J connectivity index is 1.65. The lowest BCUT2D eigenvalue weighted by molar-refractivity contribution is -0.143. The van der Waals surface area contributed by atoms with Gasteiger partial charge in [-0.3, -0.25) is 9.59 Å². The fraction of sp³-hybridized carbons (Fsp3) is 0.312. The van der Waals surface area contributed by atoms with Crippen LogP contribution in [0.25, 0.3) is 10.9 Å². The van der Waals surface area contributed by atoms with Gasteiger partial charge in [-0.05, 0) is 42.3 Å². The van der Waals surface area contributed by atoms with E-state index in [1.54, 1.807) is 24.3 Å². The third-order valence-corrected chi connectivity index (χ3v) is 7.25. The lowest BCUT2D eigenvalue weighted by Crippen LogP contribution is -2.44. The van der Waals surface area contributed by atoms with E-state index in [9.17, 15) is 35.9 Å². The SMILES string of the molecule is COCCN(CC(=O)N(CCc1c[nH]c2ccccc12)Cc1ccccc1OC)C(=O)c1cc(C(F)(F)F)cc(C(F)(F)F)c1. The standard InChI is InChI=1S/C32H31F6N3O4/c1-44-14-13-41(30(43)23-15-24(31(33,34)35)17-25(16-23)32(36,37)38)20-29(42)40(19-22-7-3-6-10-28(22)45-2)12-11-21-18-39-27-9-5-4-8-26(21)27/h3-10,15-18,39H,11-14,19-20H2,1-2H3. The van der Waals surface area contributed by atoms with Gasteiger partial charge in [-0.1, -0.05) is 36.4 Å². The van der Waals surface area contributed by atoms with Gasteiger partial charge in [0, 0.05) is 55.0 Å². The Bertz CT molecular complexity index is 1600. The molecule has 1 N–H and O–H groups in total. The van der Waals surface area contributed by atoms with Crippen molar-refractivity contribution in [1.82, 2.24) is 14.8 Å². The summed E-state index contributed by atoms with van der Waals surface area (Å²) < 4.78 is 91.5. The van der Waals surface area contributed by atoms with E-state index in [1.165, 1.54) is 19.1 Å². The summed E-state index contributed by atoms with van der Waals surface area (Å²) in [6, 6.07) is 15.3. The molecule has 0 aliphatic rings. The van der Waals surface area contributed by atoms with E-state index < -0.39 is 47.4 Å². The third kappa shape index (κ3) is 8.35. The first-order valence-corrected chi connectivity index (χ1v) is 13.8. The number of methoxy groups -OCH3 is 2. The molecule has 0 fully saturated rings. The molecule has 2 amide bonds. The van der Waals surface area contributed by atoms with E-state index in [-0.39, 0.29) is 32.3 Å². The number of fused-ring (bicyclic) bond motifs is 1. The molecule has 0 saturated carbocycles. The highest BCUT2D eigenvalue weighted by Crippen LogP contribution is 2.36. The van der Waals surface area contributed by atoms with Crippen LogP contribution < -0.4 is 4.74 Å². The zero-order valence-electron chi connectivity index (χ0n) is 24.5. The molecule has 1 aromatic heterocycles. The summed E-state index contributed by atoms with van der Waals surface area (Å²) in [5.41, 5.74) is -1.61. The quantitative estimate of drug-likeness (QED) is 0.179. The van der Waals surface area contributed by atoms with Crippen molar-refractivity contribution in [2.24, 2.45) is 0 Å². The minimum Gasteiger partial charge on any atom is -0.496 e. The molecule has 0 saturated heterocycles. The van der Waals surface area contributed by atoms with Crippen LogP contribution in [0.2, 0.25) is 0 Å².